The van der Waals surface area contributed by atoms with E-state index in [9.17, 15) is 9.59 Å². The van der Waals surface area contributed by atoms with Crippen molar-refractivity contribution in [3.63, 3.8) is 0 Å². The van der Waals surface area contributed by atoms with Crippen LogP contribution in [0.1, 0.15) is 27.3 Å². The van der Waals surface area contributed by atoms with Crippen LogP contribution in [0.2, 0.25) is 0 Å². The normalized spacial score (nSPS) is 13.8. The molecule has 1 saturated heterocycles. The van der Waals surface area contributed by atoms with Gasteiger partial charge in [-0.3, -0.25) is 9.48 Å². The highest BCUT2D eigenvalue weighted by Crippen LogP contribution is 2.17. The summed E-state index contributed by atoms with van der Waals surface area (Å²) in [5.41, 5.74) is 4.03. The molecule has 7 heteroatoms. The van der Waals surface area contributed by atoms with E-state index in [0.717, 1.165) is 30.0 Å². The molecular weight excluding hydrogens is 404 g/mol. The summed E-state index contributed by atoms with van der Waals surface area (Å²) < 4.78 is 7.18. The van der Waals surface area contributed by atoms with Crippen LogP contribution in [0.25, 0.3) is 0 Å². The highest BCUT2D eigenvalue weighted by Gasteiger charge is 2.24. The minimum Gasteiger partial charge on any atom is -0.452 e. The average Bonchev–Trinajstić information content (AvgIpc) is 3.11. The van der Waals surface area contributed by atoms with Gasteiger partial charge in [0.2, 0.25) is 0 Å². The summed E-state index contributed by atoms with van der Waals surface area (Å²) in [6, 6.07) is 20.1. The fraction of sp³-hybridized carbons (Fsp3) is 0.320. The fourth-order valence-corrected chi connectivity index (χ4v) is 4.05. The van der Waals surface area contributed by atoms with Crippen LogP contribution in [0.15, 0.2) is 60.7 Å². The molecule has 0 N–H and O–H groups in total. The molecule has 32 heavy (non-hydrogen) atoms. The fourth-order valence-electron chi connectivity index (χ4n) is 4.05. The van der Waals surface area contributed by atoms with Gasteiger partial charge in [-0.1, -0.05) is 48.5 Å². The Morgan fingerprint density at radius 3 is 2.19 bits per heavy atom. The molecule has 1 aromatic heterocycles. The van der Waals surface area contributed by atoms with Crippen molar-refractivity contribution >= 4 is 17.6 Å². The van der Waals surface area contributed by atoms with Gasteiger partial charge in [0.15, 0.2) is 6.61 Å². The molecular formula is C25H28N4O3. The van der Waals surface area contributed by atoms with Crippen molar-refractivity contribution in [3.05, 3.63) is 83.2 Å². The molecule has 1 fully saturated rings. The molecule has 4 rings (SSSR count). The third kappa shape index (κ3) is 4.82. The monoisotopic (exact) mass is 432 g/mol. The zero-order valence-electron chi connectivity index (χ0n) is 18.5. The molecule has 166 valence electrons. The Bertz CT molecular complexity index is 1070. The summed E-state index contributed by atoms with van der Waals surface area (Å²) in [5.74, 6) is -0.673. The lowest BCUT2D eigenvalue weighted by atomic mass is 10.2. The lowest BCUT2D eigenvalue weighted by Crippen LogP contribution is -2.49. The number of hydrogen-bond acceptors (Lipinski definition) is 5. The lowest BCUT2D eigenvalue weighted by molar-refractivity contribution is -0.134. The number of esters is 1. The first kappa shape index (κ1) is 21.6. The number of ether oxygens (including phenoxy) is 1. The number of aromatic nitrogens is 2. The number of aryl methyl sites for hydroxylation is 1. The van der Waals surface area contributed by atoms with Gasteiger partial charge in [0, 0.05) is 31.9 Å². The van der Waals surface area contributed by atoms with Crippen LogP contribution in [0.4, 0.5) is 5.69 Å². The maximum atomic E-state index is 12.7. The van der Waals surface area contributed by atoms with Gasteiger partial charge in [-0.05, 0) is 31.5 Å². The summed E-state index contributed by atoms with van der Waals surface area (Å²) in [6.07, 6.45) is 0. The molecule has 0 atom stereocenters. The smallest absolute Gasteiger partial charge is 0.342 e. The first-order valence-electron chi connectivity index (χ1n) is 10.9. The second-order valence-electron chi connectivity index (χ2n) is 7.97. The molecule has 1 aliphatic heterocycles. The van der Waals surface area contributed by atoms with Gasteiger partial charge in [0.25, 0.3) is 5.91 Å². The number of benzene rings is 2. The molecule has 2 aromatic carbocycles. The maximum Gasteiger partial charge on any atom is 0.342 e. The summed E-state index contributed by atoms with van der Waals surface area (Å²) in [5, 5.41) is 4.50. The van der Waals surface area contributed by atoms with E-state index in [1.54, 1.807) is 16.5 Å². The van der Waals surface area contributed by atoms with Crippen molar-refractivity contribution in [1.82, 2.24) is 14.7 Å². The standard InChI is InChI=1S/C25H28N4O3/c1-19-24(20(2)29(26-19)17-21-9-5-3-6-10-21)25(31)32-18-23(30)28-15-13-27(14-16-28)22-11-7-4-8-12-22/h3-12H,13-18H2,1-2H3. The van der Waals surface area contributed by atoms with Crippen molar-refractivity contribution < 1.29 is 14.3 Å². The number of rotatable bonds is 6. The number of anilines is 1. The van der Waals surface area contributed by atoms with Crippen LogP contribution >= 0.6 is 0 Å². The Labute approximate surface area is 188 Å². The molecule has 0 saturated carbocycles. The van der Waals surface area contributed by atoms with E-state index in [2.05, 4.69) is 22.1 Å². The van der Waals surface area contributed by atoms with E-state index in [4.69, 9.17) is 4.74 Å². The Balaban J connectivity index is 1.31. The molecule has 2 heterocycles. The summed E-state index contributed by atoms with van der Waals surface area (Å²) in [7, 11) is 0. The quantitative estimate of drug-likeness (QED) is 0.560. The van der Waals surface area contributed by atoms with E-state index < -0.39 is 5.97 Å². The number of carbonyl (C=O) groups is 2. The molecule has 0 unspecified atom stereocenters. The average molecular weight is 433 g/mol. The third-order valence-corrected chi connectivity index (χ3v) is 5.84. The number of piperazine rings is 1. The first-order chi connectivity index (χ1) is 15.5. The predicted octanol–water partition coefficient (Wildman–Crippen LogP) is 3.05. The van der Waals surface area contributed by atoms with Crippen LogP contribution in [0.5, 0.6) is 0 Å². The Morgan fingerprint density at radius 1 is 0.906 bits per heavy atom. The molecule has 0 aliphatic carbocycles. The topological polar surface area (TPSA) is 67.7 Å². The number of nitrogens with zero attached hydrogens (tertiary/aromatic N) is 4. The second kappa shape index (κ2) is 9.68. The van der Waals surface area contributed by atoms with Crippen LogP contribution in [-0.4, -0.2) is 59.3 Å². The lowest BCUT2D eigenvalue weighted by Gasteiger charge is -2.36. The van der Waals surface area contributed by atoms with Gasteiger partial charge in [-0.2, -0.15) is 5.10 Å². The van der Waals surface area contributed by atoms with Gasteiger partial charge in [-0.15, -0.1) is 0 Å². The molecule has 3 aromatic rings. The Kier molecular flexibility index (Phi) is 6.54. The van der Waals surface area contributed by atoms with Gasteiger partial charge in [0.1, 0.15) is 5.56 Å². The number of amides is 1. The summed E-state index contributed by atoms with van der Waals surface area (Å²) in [4.78, 5) is 29.3. The molecule has 0 radical (unpaired) electrons. The van der Waals surface area contributed by atoms with Crippen LogP contribution < -0.4 is 4.90 Å². The van der Waals surface area contributed by atoms with E-state index in [1.807, 2.05) is 55.5 Å². The van der Waals surface area contributed by atoms with Crippen molar-refractivity contribution in [2.45, 2.75) is 20.4 Å². The largest absolute Gasteiger partial charge is 0.452 e. The van der Waals surface area contributed by atoms with Crippen LogP contribution in [0, 0.1) is 13.8 Å². The van der Waals surface area contributed by atoms with Gasteiger partial charge in [-0.25, -0.2) is 4.79 Å². The van der Waals surface area contributed by atoms with Gasteiger partial charge >= 0.3 is 5.97 Å². The minimum atomic E-state index is -0.504. The van der Waals surface area contributed by atoms with E-state index in [-0.39, 0.29) is 12.5 Å². The number of hydrogen-bond donors (Lipinski definition) is 0. The number of carbonyl (C=O) groups excluding carboxylic acids is 2. The molecule has 0 bridgehead atoms. The Morgan fingerprint density at radius 2 is 1.53 bits per heavy atom. The zero-order chi connectivity index (χ0) is 22.5. The maximum absolute atomic E-state index is 12.7. The van der Waals surface area contributed by atoms with Crippen LogP contribution in [-0.2, 0) is 16.1 Å². The molecule has 0 spiro atoms. The van der Waals surface area contributed by atoms with Crippen LogP contribution in [0.3, 0.4) is 0 Å². The third-order valence-electron chi connectivity index (χ3n) is 5.84. The van der Waals surface area contributed by atoms with Crippen molar-refractivity contribution in [1.29, 1.82) is 0 Å². The SMILES string of the molecule is Cc1nn(Cc2ccccc2)c(C)c1C(=O)OCC(=O)N1CCN(c2ccccc2)CC1. The van der Waals surface area contributed by atoms with E-state index >= 15 is 0 Å². The van der Waals surface area contributed by atoms with Gasteiger partial charge in [0.05, 0.1) is 17.9 Å². The Hall–Kier alpha value is -3.61. The summed E-state index contributed by atoms with van der Waals surface area (Å²) >= 11 is 0. The molecule has 7 nitrogen and oxygen atoms in total. The highest BCUT2D eigenvalue weighted by atomic mass is 16.5. The zero-order valence-corrected chi connectivity index (χ0v) is 18.5. The number of para-hydroxylation sites is 1. The van der Waals surface area contributed by atoms with Crippen molar-refractivity contribution in [2.24, 2.45) is 0 Å². The van der Waals surface area contributed by atoms with E-state index in [1.165, 1.54) is 0 Å². The predicted molar refractivity (Wildman–Crippen MR) is 123 cm³/mol. The van der Waals surface area contributed by atoms with E-state index in [0.29, 0.717) is 30.9 Å². The highest BCUT2D eigenvalue weighted by molar-refractivity contribution is 5.93. The van der Waals surface area contributed by atoms with Gasteiger partial charge < -0.3 is 14.5 Å². The second-order valence-corrected chi connectivity index (χ2v) is 7.97. The minimum absolute atomic E-state index is 0.168. The molecule has 1 aliphatic rings. The summed E-state index contributed by atoms with van der Waals surface area (Å²) in [6.45, 7) is 6.69. The van der Waals surface area contributed by atoms with Crippen molar-refractivity contribution in [3.8, 4) is 0 Å². The van der Waals surface area contributed by atoms with Crippen molar-refractivity contribution in [2.75, 3.05) is 37.7 Å². The molecule has 1 amide bonds. The first-order valence-corrected chi connectivity index (χ1v) is 10.9.